The molecule has 0 saturated carbocycles. The molecule has 0 aliphatic carbocycles. The Morgan fingerprint density at radius 3 is 2.29 bits per heavy atom. The Kier molecular flexibility index (Phi) is 4.85. The SMILES string of the molecule is COc1ccc(C(C)(CC(=O)O)N2CCN(C)CC2)cc1. The fraction of sp³-hybridized carbons (Fsp3) is 0.562. The molecule has 5 nitrogen and oxygen atoms in total. The van der Waals surface area contributed by atoms with Crippen LogP contribution < -0.4 is 4.74 Å². The van der Waals surface area contributed by atoms with Crippen molar-refractivity contribution in [3.05, 3.63) is 29.8 Å². The number of rotatable bonds is 5. The maximum Gasteiger partial charge on any atom is 0.305 e. The summed E-state index contributed by atoms with van der Waals surface area (Å²) in [4.78, 5) is 15.9. The highest BCUT2D eigenvalue weighted by Gasteiger charge is 2.37. The number of carboxylic acids is 1. The summed E-state index contributed by atoms with van der Waals surface area (Å²) in [5.74, 6) is 0.0158. The van der Waals surface area contributed by atoms with Crippen LogP contribution >= 0.6 is 0 Å². The molecule has 1 aromatic carbocycles. The Morgan fingerprint density at radius 2 is 1.81 bits per heavy atom. The van der Waals surface area contributed by atoms with Crippen LogP contribution in [0.4, 0.5) is 0 Å². The molecular weight excluding hydrogens is 268 g/mol. The minimum absolute atomic E-state index is 0.100. The van der Waals surface area contributed by atoms with Crippen LogP contribution in [0.1, 0.15) is 18.9 Å². The molecule has 21 heavy (non-hydrogen) atoms. The van der Waals surface area contributed by atoms with Gasteiger partial charge < -0.3 is 14.7 Å². The summed E-state index contributed by atoms with van der Waals surface area (Å²) in [6.07, 6.45) is 0.100. The molecule has 0 aromatic heterocycles. The molecule has 1 heterocycles. The second kappa shape index (κ2) is 6.45. The highest BCUT2D eigenvalue weighted by atomic mass is 16.5. The molecule has 0 spiro atoms. The first-order valence-corrected chi connectivity index (χ1v) is 7.25. The molecule has 0 radical (unpaired) electrons. The van der Waals surface area contributed by atoms with Gasteiger partial charge in [0, 0.05) is 26.2 Å². The van der Waals surface area contributed by atoms with E-state index < -0.39 is 11.5 Å². The van der Waals surface area contributed by atoms with Gasteiger partial charge in [0.2, 0.25) is 0 Å². The van der Waals surface area contributed by atoms with Crippen LogP contribution in [0.5, 0.6) is 5.75 Å². The van der Waals surface area contributed by atoms with Crippen molar-refractivity contribution in [2.45, 2.75) is 18.9 Å². The molecule has 2 rings (SSSR count). The van der Waals surface area contributed by atoms with Crippen LogP contribution in [-0.4, -0.2) is 61.2 Å². The number of hydrogen-bond acceptors (Lipinski definition) is 4. The van der Waals surface area contributed by atoms with Gasteiger partial charge >= 0.3 is 5.97 Å². The van der Waals surface area contributed by atoms with E-state index in [1.165, 1.54) is 0 Å². The second-order valence-electron chi connectivity index (χ2n) is 5.86. The average Bonchev–Trinajstić information content (AvgIpc) is 2.47. The van der Waals surface area contributed by atoms with Gasteiger partial charge in [-0.25, -0.2) is 0 Å². The average molecular weight is 292 g/mol. The minimum Gasteiger partial charge on any atom is -0.497 e. The van der Waals surface area contributed by atoms with Gasteiger partial charge in [-0.2, -0.15) is 0 Å². The monoisotopic (exact) mass is 292 g/mol. The second-order valence-corrected chi connectivity index (χ2v) is 5.86. The Balaban J connectivity index is 2.28. The first kappa shape index (κ1) is 15.8. The first-order valence-electron chi connectivity index (χ1n) is 7.25. The quantitative estimate of drug-likeness (QED) is 0.894. The fourth-order valence-corrected chi connectivity index (χ4v) is 2.94. The fourth-order valence-electron chi connectivity index (χ4n) is 2.94. The number of carbonyl (C=O) groups is 1. The van der Waals surface area contributed by atoms with Crippen molar-refractivity contribution in [3.63, 3.8) is 0 Å². The summed E-state index contributed by atoms with van der Waals surface area (Å²) in [7, 11) is 3.73. The van der Waals surface area contributed by atoms with Crippen molar-refractivity contribution < 1.29 is 14.6 Å². The van der Waals surface area contributed by atoms with Gasteiger partial charge in [-0.15, -0.1) is 0 Å². The highest BCUT2D eigenvalue weighted by molar-refractivity contribution is 5.69. The smallest absolute Gasteiger partial charge is 0.305 e. The molecule has 1 aliphatic heterocycles. The lowest BCUT2D eigenvalue weighted by molar-refractivity contribution is -0.140. The molecule has 116 valence electrons. The molecule has 1 aromatic rings. The van der Waals surface area contributed by atoms with Crippen LogP contribution in [0.15, 0.2) is 24.3 Å². The van der Waals surface area contributed by atoms with Gasteiger partial charge in [-0.3, -0.25) is 9.69 Å². The molecule has 1 aliphatic rings. The van der Waals surface area contributed by atoms with Crippen LogP contribution in [-0.2, 0) is 10.3 Å². The molecule has 0 bridgehead atoms. The van der Waals surface area contributed by atoms with E-state index >= 15 is 0 Å². The summed E-state index contributed by atoms with van der Waals surface area (Å²) >= 11 is 0. The highest BCUT2D eigenvalue weighted by Crippen LogP contribution is 2.33. The summed E-state index contributed by atoms with van der Waals surface area (Å²) in [5.41, 5.74) is 0.537. The predicted molar refractivity (Wildman–Crippen MR) is 81.7 cm³/mol. The van der Waals surface area contributed by atoms with E-state index in [9.17, 15) is 9.90 Å². The van der Waals surface area contributed by atoms with Gasteiger partial charge in [0.15, 0.2) is 0 Å². The third-order valence-electron chi connectivity index (χ3n) is 4.41. The third kappa shape index (κ3) is 3.54. The first-order chi connectivity index (χ1) is 9.95. The van der Waals surface area contributed by atoms with Crippen molar-refractivity contribution in [1.82, 2.24) is 9.80 Å². The molecule has 0 amide bonds. The lowest BCUT2D eigenvalue weighted by Gasteiger charge is -2.45. The molecule has 5 heteroatoms. The van der Waals surface area contributed by atoms with E-state index in [4.69, 9.17) is 4.74 Å². The largest absolute Gasteiger partial charge is 0.497 e. The zero-order valence-electron chi connectivity index (χ0n) is 13.0. The van der Waals surface area contributed by atoms with Crippen LogP contribution in [0.25, 0.3) is 0 Å². The van der Waals surface area contributed by atoms with Gasteiger partial charge in [-0.05, 0) is 31.7 Å². The van der Waals surface area contributed by atoms with Crippen LogP contribution in [0, 0.1) is 0 Å². The van der Waals surface area contributed by atoms with Crippen molar-refractivity contribution in [1.29, 1.82) is 0 Å². The number of aliphatic carboxylic acids is 1. The predicted octanol–water partition coefficient (Wildman–Crippen LogP) is 1.63. The van der Waals surface area contributed by atoms with E-state index in [0.717, 1.165) is 37.5 Å². The number of benzene rings is 1. The van der Waals surface area contributed by atoms with Gasteiger partial charge in [0.1, 0.15) is 5.75 Å². The number of likely N-dealkylation sites (N-methyl/N-ethyl adjacent to an activating group) is 1. The Labute approximate surface area is 126 Å². The Hall–Kier alpha value is -1.59. The normalized spacial score (nSPS) is 20.0. The zero-order valence-corrected chi connectivity index (χ0v) is 13.0. The number of nitrogens with zero attached hydrogens (tertiary/aromatic N) is 2. The Bertz CT molecular complexity index is 481. The van der Waals surface area contributed by atoms with Gasteiger partial charge in [-0.1, -0.05) is 12.1 Å². The van der Waals surface area contributed by atoms with E-state index in [-0.39, 0.29) is 6.42 Å². The van der Waals surface area contributed by atoms with E-state index in [1.54, 1.807) is 7.11 Å². The molecule has 1 atom stereocenters. The summed E-state index contributed by atoms with van der Waals surface area (Å²) < 4.78 is 5.19. The van der Waals surface area contributed by atoms with E-state index in [0.29, 0.717) is 0 Å². The molecule has 1 unspecified atom stereocenters. The molecule has 1 N–H and O–H groups in total. The van der Waals surface area contributed by atoms with Crippen LogP contribution in [0.2, 0.25) is 0 Å². The maximum atomic E-state index is 11.4. The lowest BCUT2D eigenvalue weighted by atomic mass is 9.86. The lowest BCUT2D eigenvalue weighted by Crippen LogP contribution is -2.54. The number of ether oxygens (including phenoxy) is 1. The van der Waals surface area contributed by atoms with Crippen LogP contribution in [0.3, 0.4) is 0 Å². The molecule has 1 saturated heterocycles. The third-order valence-corrected chi connectivity index (χ3v) is 4.41. The molecular formula is C16H24N2O3. The van der Waals surface area contributed by atoms with Crippen molar-refractivity contribution in [3.8, 4) is 5.75 Å². The minimum atomic E-state index is -0.771. The van der Waals surface area contributed by atoms with Crippen molar-refractivity contribution >= 4 is 5.97 Å². The van der Waals surface area contributed by atoms with Crippen molar-refractivity contribution in [2.75, 3.05) is 40.3 Å². The topological polar surface area (TPSA) is 53.0 Å². The number of carboxylic acid groups (broad SMARTS) is 1. The summed E-state index contributed by atoms with van der Waals surface area (Å²) in [6, 6.07) is 7.73. The number of piperazine rings is 1. The van der Waals surface area contributed by atoms with Gasteiger partial charge in [0.05, 0.1) is 19.1 Å². The molecule has 1 fully saturated rings. The Morgan fingerprint density at radius 1 is 1.24 bits per heavy atom. The van der Waals surface area contributed by atoms with E-state index in [2.05, 4.69) is 16.8 Å². The standard InChI is InChI=1S/C16H24N2O3/c1-16(12-15(19)20,18-10-8-17(2)9-11-18)13-4-6-14(21-3)7-5-13/h4-7H,8-12H2,1-3H3,(H,19,20). The number of methoxy groups -OCH3 is 1. The van der Waals surface area contributed by atoms with Crippen molar-refractivity contribution in [2.24, 2.45) is 0 Å². The van der Waals surface area contributed by atoms with E-state index in [1.807, 2.05) is 31.2 Å². The zero-order chi connectivity index (χ0) is 15.5. The summed E-state index contributed by atoms with van der Waals surface area (Å²) in [5, 5.41) is 9.33. The maximum absolute atomic E-state index is 11.4. The van der Waals surface area contributed by atoms with Gasteiger partial charge in [0.25, 0.3) is 0 Å². The summed E-state index contributed by atoms with van der Waals surface area (Å²) in [6.45, 7) is 5.71. The number of hydrogen-bond donors (Lipinski definition) is 1.